The Morgan fingerprint density at radius 1 is 1.24 bits per heavy atom. The highest BCUT2D eigenvalue weighted by Crippen LogP contribution is 2.46. The molecule has 1 N–H and O–H groups in total. The van der Waals surface area contributed by atoms with Crippen molar-refractivity contribution in [1.29, 1.82) is 5.26 Å². The van der Waals surface area contributed by atoms with E-state index in [9.17, 15) is 10.1 Å². The van der Waals surface area contributed by atoms with E-state index in [1.165, 1.54) is 17.7 Å². The van der Waals surface area contributed by atoms with E-state index in [0.717, 1.165) is 34.6 Å². The first-order chi connectivity index (χ1) is 14.0. The van der Waals surface area contributed by atoms with Crippen molar-refractivity contribution in [3.8, 4) is 11.8 Å². The highest BCUT2D eigenvalue weighted by molar-refractivity contribution is 7.13. The van der Waals surface area contributed by atoms with Gasteiger partial charge in [0.05, 0.1) is 12.1 Å². The van der Waals surface area contributed by atoms with E-state index in [2.05, 4.69) is 30.4 Å². The summed E-state index contributed by atoms with van der Waals surface area (Å²) in [4.78, 5) is 15.2. The molecule has 2 aliphatic rings. The fourth-order valence-corrected chi connectivity index (χ4v) is 5.02. The van der Waals surface area contributed by atoms with Crippen LogP contribution in [-0.4, -0.2) is 12.5 Å². The summed E-state index contributed by atoms with van der Waals surface area (Å²) >= 11 is 1.73. The third-order valence-corrected chi connectivity index (χ3v) is 7.03. The van der Waals surface area contributed by atoms with Gasteiger partial charge in [-0.15, -0.1) is 11.3 Å². The van der Waals surface area contributed by atoms with Crippen molar-refractivity contribution in [3.05, 3.63) is 57.3 Å². The predicted molar refractivity (Wildman–Crippen MR) is 116 cm³/mol. The molecule has 2 heterocycles. The Kier molecular flexibility index (Phi) is 5.47. The second-order valence-electron chi connectivity index (χ2n) is 8.13. The summed E-state index contributed by atoms with van der Waals surface area (Å²) in [5, 5.41) is 12.7. The lowest BCUT2D eigenvalue weighted by Crippen LogP contribution is -2.47. The maximum atomic E-state index is 12.8. The van der Waals surface area contributed by atoms with E-state index >= 15 is 0 Å². The van der Waals surface area contributed by atoms with Crippen LogP contribution in [0.15, 0.2) is 42.0 Å². The molecule has 0 bridgehead atoms. The lowest BCUT2D eigenvalue weighted by molar-refractivity contribution is -0.119. The average Bonchev–Trinajstić information content (AvgIpc) is 3.45. The Balaban J connectivity index is 1.60. The lowest BCUT2D eigenvalue weighted by atomic mass is 9.80. The summed E-state index contributed by atoms with van der Waals surface area (Å²) in [5.74, 6) is 1.22. The number of nitriles is 1. The van der Waals surface area contributed by atoms with Crippen molar-refractivity contribution in [2.45, 2.75) is 57.4 Å². The minimum Gasteiger partial charge on any atom is -0.494 e. The number of rotatable bonds is 7. The van der Waals surface area contributed by atoms with Crippen LogP contribution in [0, 0.1) is 11.3 Å². The maximum absolute atomic E-state index is 12.8. The summed E-state index contributed by atoms with van der Waals surface area (Å²) < 4.78 is 5.76. The monoisotopic (exact) mass is 406 g/mol. The smallest absolute Gasteiger partial charge is 0.262 e. The van der Waals surface area contributed by atoms with Gasteiger partial charge in [-0.2, -0.15) is 5.26 Å². The molecule has 1 aromatic carbocycles. The van der Waals surface area contributed by atoms with Crippen LogP contribution >= 0.6 is 11.3 Å². The van der Waals surface area contributed by atoms with Crippen LogP contribution in [0.3, 0.4) is 0 Å². The third kappa shape index (κ3) is 4.09. The number of hydrogen-bond acceptors (Lipinski definition) is 4. The second kappa shape index (κ2) is 8.04. The zero-order valence-electron chi connectivity index (χ0n) is 17.0. The van der Waals surface area contributed by atoms with Crippen molar-refractivity contribution < 1.29 is 9.53 Å². The van der Waals surface area contributed by atoms with Gasteiger partial charge in [0.25, 0.3) is 5.91 Å². The van der Waals surface area contributed by atoms with E-state index in [1.54, 1.807) is 11.3 Å². The molecule has 150 valence electrons. The van der Waals surface area contributed by atoms with E-state index in [0.29, 0.717) is 18.9 Å². The highest BCUT2D eigenvalue weighted by atomic mass is 32.1. The highest BCUT2D eigenvalue weighted by Gasteiger charge is 2.38. The van der Waals surface area contributed by atoms with Gasteiger partial charge in [-0.1, -0.05) is 25.5 Å². The van der Waals surface area contributed by atoms with Crippen LogP contribution in [-0.2, 0) is 10.3 Å². The van der Waals surface area contributed by atoms with Crippen molar-refractivity contribution in [1.82, 2.24) is 5.32 Å². The molecular formula is C24H26N2O2S. The van der Waals surface area contributed by atoms with Gasteiger partial charge >= 0.3 is 0 Å². The van der Waals surface area contributed by atoms with Gasteiger partial charge in [-0.3, -0.25) is 4.79 Å². The topological polar surface area (TPSA) is 62.1 Å². The molecule has 4 rings (SSSR count). The van der Waals surface area contributed by atoms with Gasteiger partial charge in [0.2, 0.25) is 0 Å². The van der Waals surface area contributed by atoms with Crippen LogP contribution in [0.5, 0.6) is 5.75 Å². The Bertz CT molecular complexity index is 979. The van der Waals surface area contributed by atoms with Gasteiger partial charge in [0, 0.05) is 16.2 Å². The standard InChI is InChI=1S/C24H26N2O2S/c1-3-4-13-28-18-9-7-17(8-10-18)24(2)14-19(20(15-25)23(27)26-24)22-12-11-21(29-22)16-5-6-16/h7-12,16H,3-6,13-14H2,1-2H3,(H,26,27)/t24-/m0/s1. The number of amides is 1. The van der Waals surface area contributed by atoms with E-state index < -0.39 is 5.54 Å². The normalized spacial score (nSPS) is 21.6. The zero-order chi connectivity index (χ0) is 20.4. The molecule has 1 fully saturated rings. The molecule has 1 atom stereocenters. The molecule has 2 aromatic rings. The summed E-state index contributed by atoms with van der Waals surface area (Å²) in [6.45, 7) is 4.88. The number of ether oxygens (including phenoxy) is 1. The van der Waals surface area contributed by atoms with Crippen LogP contribution in [0.25, 0.3) is 5.57 Å². The first kappa shape index (κ1) is 19.7. The van der Waals surface area contributed by atoms with Crippen LogP contribution in [0.4, 0.5) is 0 Å². The number of nitrogens with one attached hydrogen (secondary N) is 1. The van der Waals surface area contributed by atoms with Gasteiger partial charge in [0.1, 0.15) is 17.4 Å². The number of benzene rings is 1. The van der Waals surface area contributed by atoms with E-state index in [4.69, 9.17) is 4.74 Å². The average molecular weight is 407 g/mol. The molecule has 1 amide bonds. The molecule has 1 aromatic heterocycles. The Morgan fingerprint density at radius 2 is 2.00 bits per heavy atom. The zero-order valence-corrected chi connectivity index (χ0v) is 17.8. The number of hydrogen-bond donors (Lipinski definition) is 1. The van der Waals surface area contributed by atoms with Crippen LogP contribution in [0.1, 0.15) is 67.2 Å². The molecule has 0 radical (unpaired) electrons. The summed E-state index contributed by atoms with van der Waals surface area (Å²) in [6, 6.07) is 14.3. The number of unbranched alkanes of at least 4 members (excludes halogenated alkanes) is 1. The predicted octanol–water partition coefficient (Wildman–Crippen LogP) is 5.52. The van der Waals surface area contributed by atoms with Crippen molar-refractivity contribution in [2.75, 3.05) is 6.61 Å². The largest absolute Gasteiger partial charge is 0.494 e. The first-order valence-electron chi connectivity index (χ1n) is 10.3. The summed E-state index contributed by atoms with van der Waals surface area (Å²) in [6.07, 6.45) is 5.22. The molecular weight excluding hydrogens is 380 g/mol. The number of carbonyl (C=O) groups is 1. The third-order valence-electron chi connectivity index (χ3n) is 5.72. The molecule has 4 nitrogen and oxygen atoms in total. The summed E-state index contributed by atoms with van der Waals surface area (Å²) in [7, 11) is 0. The van der Waals surface area contributed by atoms with Gasteiger partial charge in [0.15, 0.2) is 0 Å². The SMILES string of the molecule is CCCCOc1ccc([C@]2(C)CC(c3ccc(C4CC4)s3)=C(C#N)C(=O)N2)cc1. The van der Waals surface area contributed by atoms with E-state index in [-0.39, 0.29) is 11.5 Å². The molecule has 29 heavy (non-hydrogen) atoms. The lowest BCUT2D eigenvalue weighted by Gasteiger charge is -2.36. The molecule has 0 unspecified atom stereocenters. The fraction of sp³-hybridized carbons (Fsp3) is 0.417. The van der Waals surface area contributed by atoms with Crippen molar-refractivity contribution >= 4 is 22.8 Å². The van der Waals surface area contributed by atoms with Crippen LogP contribution < -0.4 is 10.1 Å². The van der Waals surface area contributed by atoms with Gasteiger partial charge in [-0.05, 0) is 67.5 Å². The Morgan fingerprint density at radius 3 is 2.66 bits per heavy atom. The molecule has 1 saturated carbocycles. The first-order valence-corrected chi connectivity index (χ1v) is 11.1. The van der Waals surface area contributed by atoms with Gasteiger partial charge < -0.3 is 10.1 Å². The molecule has 1 aliphatic heterocycles. The van der Waals surface area contributed by atoms with Crippen molar-refractivity contribution in [3.63, 3.8) is 0 Å². The second-order valence-corrected chi connectivity index (χ2v) is 9.25. The minimum atomic E-state index is -0.557. The molecule has 1 aliphatic carbocycles. The van der Waals surface area contributed by atoms with Crippen molar-refractivity contribution in [2.24, 2.45) is 0 Å². The molecule has 5 heteroatoms. The molecule has 0 spiro atoms. The number of carbonyl (C=O) groups excluding carboxylic acids is 1. The van der Waals surface area contributed by atoms with Gasteiger partial charge in [-0.25, -0.2) is 0 Å². The quantitative estimate of drug-likeness (QED) is 0.616. The van der Waals surface area contributed by atoms with E-state index in [1.807, 2.05) is 31.2 Å². The minimum absolute atomic E-state index is 0.242. The Hall–Kier alpha value is -2.58. The number of thiophene rings is 1. The number of nitrogens with zero attached hydrogens (tertiary/aromatic N) is 1. The molecule has 0 saturated heterocycles. The Labute approximate surface area is 176 Å². The summed E-state index contributed by atoms with van der Waals surface area (Å²) in [5.41, 5.74) is 1.56. The fourth-order valence-electron chi connectivity index (χ4n) is 3.79. The van der Waals surface area contributed by atoms with Crippen LogP contribution in [0.2, 0.25) is 0 Å². The maximum Gasteiger partial charge on any atom is 0.262 e.